The smallest absolute Gasteiger partial charge is 0.244 e. The van der Waals surface area contributed by atoms with Crippen molar-refractivity contribution in [3.63, 3.8) is 0 Å². The van der Waals surface area contributed by atoms with E-state index in [1.807, 2.05) is 6.92 Å². The number of nitrogens with zero attached hydrogens (tertiary/aromatic N) is 1. The van der Waals surface area contributed by atoms with Crippen LogP contribution < -0.4 is 5.73 Å². The fourth-order valence-corrected chi connectivity index (χ4v) is 3.50. The van der Waals surface area contributed by atoms with Crippen LogP contribution in [0.4, 0.5) is 0 Å². The van der Waals surface area contributed by atoms with Crippen LogP contribution in [0.5, 0.6) is 0 Å². The van der Waals surface area contributed by atoms with E-state index < -0.39 is 10.0 Å². The molecule has 0 atom stereocenters. The monoisotopic (exact) mass is 310 g/mol. The van der Waals surface area contributed by atoms with Crippen molar-refractivity contribution in [1.82, 2.24) is 4.31 Å². The summed E-state index contributed by atoms with van der Waals surface area (Å²) in [6, 6.07) is 6.60. The Balaban J connectivity index is 3.21. The molecule has 0 bridgehead atoms. The van der Waals surface area contributed by atoms with E-state index in [2.05, 4.69) is 11.8 Å². The highest BCUT2D eigenvalue weighted by atomic mass is 32.2. The second-order valence-electron chi connectivity index (χ2n) is 4.48. The first-order chi connectivity index (χ1) is 10.1. The standard InChI is InChI=1S/C15H22N2O3S/c1-2-3-11-17(12-13-18)21(19,20)15-9-5-4-7-14(15)8-6-10-16/h4-5,7,9,18H,2-3,10-13,16H2,1H3. The third-order valence-corrected chi connectivity index (χ3v) is 4.90. The van der Waals surface area contributed by atoms with Crippen molar-refractivity contribution in [2.45, 2.75) is 24.7 Å². The summed E-state index contributed by atoms with van der Waals surface area (Å²) in [6.45, 7) is 2.42. The Morgan fingerprint density at radius 3 is 2.62 bits per heavy atom. The van der Waals surface area contributed by atoms with Gasteiger partial charge in [-0.1, -0.05) is 37.3 Å². The highest BCUT2D eigenvalue weighted by Gasteiger charge is 2.25. The zero-order valence-corrected chi connectivity index (χ0v) is 13.1. The van der Waals surface area contributed by atoms with Gasteiger partial charge in [0.05, 0.1) is 18.0 Å². The van der Waals surface area contributed by atoms with Crippen LogP contribution in [0, 0.1) is 11.8 Å². The molecular weight excluding hydrogens is 288 g/mol. The predicted molar refractivity (Wildman–Crippen MR) is 83.1 cm³/mol. The van der Waals surface area contributed by atoms with Crippen molar-refractivity contribution in [2.75, 3.05) is 26.2 Å². The minimum Gasteiger partial charge on any atom is -0.395 e. The molecule has 6 heteroatoms. The molecule has 0 saturated carbocycles. The average molecular weight is 310 g/mol. The van der Waals surface area contributed by atoms with Gasteiger partial charge in [0.25, 0.3) is 0 Å². The van der Waals surface area contributed by atoms with Crippen LogP contribution in [0.3, 0.4) is 0 Å². The second kappa shape index (κ2) is 8.80. The van der Waals surface area contributed by atoms with E-state index in [0.29, 0.717) is 12.1 Å². The summed E-state index contributed by atoms with van der Waals surface area (Å²) in [5.41, 5.74) is 5.77. The SMILES string of the molecule is CCCCN(CCO)S(=O)(=O)c1ccccc1C#CCN. The number of aliphatic hydroxyl groups is 1. The number of benzene rings is 1. The first kappa shape index (κ1) is 17.7. The maximum Gasteiger partial charge on any atom is 0.244 e. The number of rotatable bonds is 7. The van der Waals surface area contributed by atoms with Crippen LogP contribution in [0.25, 0.3) is 0 Å². The summed E-state index contributed by atoms with van der Waals surface area (Å²) in [5.74, 6) is 5.47. The van der Waals surface area contributed by atoms with Crippen LogP contribution in [0.2, 0.25) is 0 Å². The summed E-state index contributed by atoms with van der Waals surface area (Å²) in [5, 5.41) is 9.11. The van der Waals surface area contributed by atoms with Gasteiger partial charge in [0.2, 0.25) is 10.0 Å². The lowest BCUT2D eigenvalue weighted by atomic mass is 10.2. The molecular formula is C15H22N2O3S. The lowest BCUT2D eigenvalue weighted by Gasteiger charge is -2.21. The van der Waals surface area contributed by atoms with Crippen LogP contribution in [0.1, 0.15) is 25.3 Å². The number of aliphatic hydroxyl groups excluding tert-OH is 1. The zero-order chi connectivity index (χ0) is 15.7. The maximum atomic E-state index is 12.7. The van der Waals surface area contributed by atoms with E-state index >= 15 is 0 Å². The van der Waals surface area contributed by atoms with Crippen molar-refractivity contribution in [2.24, 2.45) is 5.73 Å². The molecule has 0 unspecified atom stereocenters. The van der Waals surface area contributed by atoms with E-state index in [0.717, 1.165) is 12.8 Å². The fraction of sp³-hybridized carbons (Fsp3) is 0.467. The Morgan fingerprint density at radius 1 is 1.29 bits per heavy atom. The summed E-state index contributed by atoms with van der Waals surface area (Å²) >= 11 is 0. The van der Waals surface area contributed by atoms with Crippen LogP contribution in [-0.4, -0.2) is 44.1 Å². The van der Waals surface area contributed by atoms with E-state index in [9.17, 15) is 8.42 Å². The Kier molecular flexibility index (Phi) is 7.40. The van der Waals surface area contributed by atoms with E-state index in [4.69, 9.17) is 10.8 Å². The fourth-order valence-electron chi connectivity index (χ4n) is 1.88. The second-order valence-corrected chi connectivity index (χ2v) is 6.39. The van der Waals surface area contributed by atoms with Crippen molar-refractivity contribution >= 4 is 10.0 Å². The van der Waals surface area contributed by atoms with Crippen molar-refractivity contribution in [3.05, 3.63) is 29.8 Å². The molecule has 1 rings (SSSR count). The van der Waals surface area contributed by atoms with Gasteiger partial charge in [-0.3, -0.25) is 0 Å². The van der Waals surface area contributed by atoms with E-state index in [1.165, 1.54) is 10.4 Å². The molecule has 0 fully saturated rings. The number of hydrogen-bond acceptors (Lipinski definition) is 4. The molecule has 3 N–H and O–H groups in total. The molecule has 0 aliphatic heterocycles. The molecule has 1 aromatic carbocycles. The zero-order valence-electron chi connectivity index (χ0n) is 12.2. The Hall–Kier alpha value is -1.39. The minimum atomic E-state index is -3.67. The molecule has 1 aromatic rings. The Morgan fingerprint density at radius 2 is 2.00 bits per heavy atom. The van der Waals surface area contributed by atoms with Crippen LogP contribution in [0.15, 0.2) is 29.2 Å². The average Bonchev–Trinajstić information content (AvgIpc) is 2.49. The van der Waals surface area contributed by atoms with Gasteiger partial charge in [0, 0.05) is 18.7 Å². The lowest BCUT2D eigenvalue weighted by Crippen LogP contribution is -2.34. The molecule has 0 spiro atoms. The van der Waals surface area contributed by atoms with Crippen LogP contribution in [-0.2, 0) is 10.0 Å². The molecule has 0 amide bonds. The molecule has 0 aliphatic rings. The molecule has 0 saturated heterocycles. The minimum absolute atomic E-state index is 0.0843. The van der Waals surface area contributed by atoms with Gasteiger partial charge in [-0.2, -0.15) is 4.31 Å². The Bertz CT molecular complexity index is 603. The number of unbranched alkanes of at least 4 members (excludes halogenated alkanes) is 1. The molecule has 116 valence electrons. The molecule has 21 heavy (non-hydrogen) atoms. The van der Waals surface area contributed by atoms with Crippen LogP contribution >= 0.6 is 0 Å². The van der Waals surface area contributed by atoms with E-state index in [1.54, 1.807) is 18.2 Å². The number of nitrogens with two attached hydrogens (primary N) is 1. The summed E-state index contributed by atoms with van der Waals surface area (Å²) in [4.78, 5) is 0.163. The topological polar surface area (TPSA) is 83.6 Å². The molecule has 0 heterocycles. The van der Waals surface area contributed by atoms with Gasteiger partial charge in [0.15, 0.2) is 0 Å². The summed E-state index contributed by atoms with van der Waals surface area (Å²) in [6.07, 6.45) is 1.63. The lowest BCUT2D eigenvalue weighted by molar-refractivity contribution is 0.252. The largest absolute Gasteiger partial charge is 0.395 e. The number of sulfonamides is 1. The number of hydrogen-bond donors (Lipinski definition) is 2. The third kappa shape index (κ3) is 4.83. The first-order valence-corrected chi connectivity index (χ1v) is 8.41. The van der Waals surface area contributed by atoms with Crippen molar-refractivity contribution in [1.29, 1.82) is 0 Å². The molecule has 5 nitrogen and oxygen atoms in total. The Labute approximate surface area is 126 Å². The summed E-state index contributed by atoms with van der Waals surface area (Å²) < 4.78 is 26.8. The molecule has 0 aromatic heterocycles. The maximum absolute atomic E-state index is 12.7. The predicted octanol–water partition coefficient (Wildman–Crippen LogP) is 0.780. The molecule has 0 aliphatic carbocycles. The van der Waals surface area contributed by atoms with Gasteiger partial charge in [-0.05, 0) is 18.6 Å². The van der Waals surface area contributed by atoms with E-state index in [-0.39, 0.29) is 24.6 Å². The van der Waals surface area contributed by atoms with Crippen molar-refractivity contribution in [3.8, 4) is 11.8 Å². The van der Waals surface area contributed by atoms with Gasteiger partial charge >= 0.3 is 0 Å². The van der Waals surface area contributed by atoms with Gasteiger partial charge in [-0.15, -0.1) is 0 Å². The summed E-state index contributed by atoms with van der Waals surface area (Å²) in [7, 11) is -3.67. The van der Waals surface area contributed by atoms with Gasteiger partial charge < -0.3 is 10.8 Å². The highest BCUT2D eigenvalue weighted by Crippen LogP contribution is 2.20. The van der Waals surface area contributed by atoms with Gasteiger partial charge in [-0.25, -0.2) is 8.42 Å². The van der Waals surface area contributed by atoms with Crippen molar-refractivity contribution < 1.29 is 13.5 Å². The third-order valence-electron chi connectivity index (χ3n) is 2.94. The highest BCUT2D eigenvalue weighted by molar-refractivity contribution is 7.89. The quantitative estimate of drug-likeness (QED) is 0.729. The van der Waals surface area contributed by atoms with Gasteiger partial charge in [0.1, 0.15) is 0 Å². The normalized spacial score (nSPS) is 11.2. The first-order valence-electron chi connectivity index (χ1n) is 6.96. The molecule has 0 radical (unpaired) electrons.